The molecule has 2 aromatic heterocycles. The molecule has 0 spiro atoms. The summed E-state index contributed by atoms with van der Waals surface area (Å²) in [6.07, 6.45) is 3.29. The molecule has 1 amide bonds. The van der Waals surface area contributed by atoms with E-state index in [9.17, 15) is 4.79 Å². The first-order valence-electron chi connectivity index (χ1n) is 8.22. The number of amides is 1. The summed E-state index contributed by atoms with van der Waals surface area (Å²) in [5.74, 6) is 1.37. The van der Waals surface area contributed by atoms with Gasteiger partial charge in [-0.15, -0.1) is 0 Å². The number of furan rings is 1. The first-order valence-corrected chi connectivity index (χ1v) is 8.22. The van der Waals surface area contributed by atoms with Crippen LogP contribution in [-0.4, -0.2) is 44.2 Å². The summed E-state index contributed by atoms with van der Waals surface area (Å²) < 4.78 is 10.8. The van der Waals surface area contributed by atoms with Gasteiger partial charge in [-0.1, -0.05) is 13.8 Å². The smallest absolute Gasteiger partial charge is 0.294 e. The second-order valence-corrected chi connectivity index (χ2v) is 6.20. The molecule has 6 nitrogen and oxygen atoms in total. The van der Waals surface area contributed by atoms with Gasteiger partial charge in [0.1, 0.15) is 5.82 Å². The van der Waals surface area contributed by atoms with E-state index in [1.54, 1.807) is 24.4 Å². The fraction of sp³-hybridized carbons (Fsp3) is 0.444. The van der Waals surface area contributed by atoms with E-state index in [4.69, 9.17) is 9.15 Å². The molecule has 1 aliphatic rings. The number of nitrogens with zero attached hydrogens (tertiary/aromatic N) is 3. The zero-order chi connectivity index (χ0) is 17.1. The van der Waals surface area contributed by atoms with Crippen LogP contribution in [0.2, 0.25) is 0 Å². The molecule has 0 atom stereocenters. The highest BCUT2D eigenvalue weighted by Crippen LogP contribution is 2.24. The molecule has 1 saturated heterocycles. The minimum atomic E-state index is -0.162. The third kappa shape index (κ3) is 3.28. The zero-order valence-electron chi connectivity index (χ0n) is 14.4. The van der Waals surface area contributed by atoms with Crippen LogP contribution in [0.15, 0.2) is 35.1 Å². The summed E-state index contributed by atoms with van der Waals surface area (Å²) >= 11 is 0. The van der Waals surface area contributed by atoms with Crippen LogP contribution in [0, 0.1) is 0 Å². The molecular formula is C18H23N3O3. The van der Waals surface area contributed by atoms with Crippen molar-refractivity contribution < 1.29 is 13.9 Å². The lowest BCUT2D eigenvalue weighted by atomic mass is 10.0. The first-order chi connectivity index (χ1) is 11.6. The van der Waals surface area contributed by atoms with Crippen molar-refractivity contribution in [3.63, 3.8) is 0 Å². The molecule has 0 saturated carbocycles. The average Bonchev–Trinajstić information content (AvgIpc) is 3.11. The van der Waals surface area contributed by atoms with Crippen molar-refractivity contribution in [2.75, 3.05) is 43.2 Å². The molecule has 6 heteroatoms. The molecule has 0 aromatic carbocycles. The lowest BCUT2D eigenvalue weighted by Crippen LogP contribution is -2.36. The third-order valence-electron chi connectivity index (χ3n) is 4.27. The number of hydrogen-bond acceptors (Lipinski definition) is 5. The Kier molecular flexibility index (Phi) is 4.85. The molecule has 3 rings (SSSR count). The Bertz CT molecular complexity index is 688. The van der Waals surface area contributed by atoms with E-state index < -0.39 is 0 Å². The normalized spacial score (nSPS) is 14.9. The Morgan fingerprint density at radius 2 is 2.00 bits per heavy atom. The third-order valence-corrected chi connectivity index (χ3v) is 4.27. The van der Waals surface area contributed by atoms with Gasteiger partial charge in [-0.2, -0.15) is 0 Å². The summed E-state index contributed by atoms with van der Waals surface area (Å²) in [5.41, 5.74) is 1.66. The number of carbonyl (C=O) groups is 1. The predicted molar refractivity (Wildman–Crippen MR) is 92.8 cm³/mol. The molecule has 2 aromatic rings. The van der Waals surface area contributed by atoms with Crippen molar-refractivity contribution in [1.29, 1.82) is 0 Å². The highest BCUT2D eigenvalue weighted by molar-refractivity contribution is 6.04. The van der Waals surface area contributed by atoms with E-state index in [2.05, 4.69) is 9.88 Å². The zero-order valence-corrected chi connectivity index (χ0v) is 14.4. The molecule has 24 heavy (non-hydrogen) atoms. The van der Waals surface area contributed by atoms with Crippen molar-refractivity contribution >= 4 is 17.4 Å². The van der Waals surface area contributed by atoms with E-state index in [0.29, 0.717) is 5.76 Å². The quantitative estimate of drug-likeness (QED) is 0.863. The van der Waals surface area contributed by atoms with Gasteiger partial charge in [0, 0.05) is 25.7 Å². The number of aromatic nitrogens is 1. The van der Waals surface area contributed by atoms with Crippen LogP contribution in [0.4, 0.5) is 11.5 Å². The predicted octanol–water partition coefficient (Wildman–Crippen LogP) is 2.91. The lowest BCUT2D eigenvalue weighted by Gasteiger charge is -2.28. The maximum absolute atomic E-state index is 12.7. The highest BCUT2D eigenvalue weighted by atomic mass is 16.5. The second-order valence-electron chi connectivity index (χ2n) is 6.20. The number of rotatable bonds is 4. The number of morpholine rings is 1. The lowest BCUT2D eigenvalue weighted by molar-refractivity contribution is 0.0964. The molecule has 0 radical (unpaired) electrons. The monoisotopic (exact) mass is 329 g/mol. The molecule has 3 heterocycles. The first kappa shape index (κ1) is 16.5. The van der Waals surface area contributed by atoms with Gasteiger partial charge < -0.3 is 19.0 Å². The molecule has 0 unspecified atom stereocenters. The number of hydrogen-bond donors (Lipinski definition) is 0. The minimum absolute atomic E-state index is 0.162. The standard InChI is InChI=1S/C18H23N3O3/c1-13(2)15-6-9-24-17(15)18(22)20(3)14-4-5-16(19-12-14)21-7-10-23-11-8-21/h4-6,9,12-13H,7-8,10-11H2,1-3H3. The number of pyridine rings is 1. The molecular weight excluding hydrogens is 306 g/mol. The van der Waals surface area contributed by atoms with Crippen LogP contribution in [-0.2, 0) is 4.74 Å². The molecule has 1 aliphatic heterocycles. The Morgan fingerprint density at radius 3 is 2.62 bits per heavy atom. The van der Waals surface area contributed by atoms with Crippen LogP contribution in [0.5, 0.6) is 0 Å². The fourth-order valence-electron chi connectivity index (χ4n) is 2.77. The van der Waals surface area contributed by atoms with E-state index in [0.717, 1.165) is 43.4 Å². The van der Waals surface area contributed by atoms with Crippen molar-refractivity contribution in [1.82, 2.24) is 4.98 Å². The van der Waals surface area contributed by atoms with Gasteiger partial charge in [0.25, 0.3) is 5.91 Å². The maximum Gasteiger partial charge on any atom is 0.294 e. The summed E-state index contributed by atoms with van der Waals surface area (Å²) in [5, 5.41) is 0. The molecule has 0 N–H and O–H groups in total. The summed E-state index contributed by atoms with van der Waals surface area (Å²) in [4.78, 5) is 20.9. The summed E-state index contributed by atoms with van der Waals surface area (Å²) in [6, 6.07) is 5.70. The molecule has 1 fully saturated rings. The maximum atomic E-state index is 12.7. The average molecular weight is 329 g/mol. The summed E-state index contributed by atoms with van der Waals surface area (Å²) in [6.45, 7) is 7.20. The van der Waals surface area contributed by atoms with Crippen LogP contribution in [0.3, 0.4) is 0 Å². The molecule has 0 bridgehead atoms. The topological polar surface area (TPSA) is 58.8 Å². The molecule has 0 aliphatic carbocycles. The van der Waals surface area contributed by atoms with Gasteiger partial charge in [-0.05, 0) is 24.1 Å². The number of anilines is 2. The molecule has 128 valence electrons. The van der Waals surface area contributed by atoms with Gasteiger partial charge in [0.15, 0.2) is 5.76 Å². The second kappa shape index (κ2) is 7.05. The van der Waals surface area contributed by atoms with Crippen molar-refractivity contribution in [2.24, 2.45) is 0 Å². The van der Waals surface area contributed by atoms with Crippen molar-refractivity contribution in [3.05, 3.63) is 42.0 Å². The Balaban J connectivity index is 1.75. The van der Waals surface area contributed by atoms with Gasteiger partial charge in [-0.3, -0.25) is 4.79 Å². The van der Waals surface area contributed by atoms with Crippen LogP contribution in [0.1, 0.15) is 35.9 Å². The van der Waals surface area contributed by atoms with Crippen LogP contribution in [0.25, 0.3) is 0 Å². The Morgan fingerprint density at radius 1 is 1.25 bits per heavy atom. The minimum Gasteiger partial charge on any atom is -0.459 e. The van der Waals surface area contributed by atoms with Gasteiger partial charge in [0.2, 0.25) is 0 Å². The van der Waals surface area contributed by atoms with Gasteiger partial charge in [0.05, 0.1) is 31.4 Å². The number of carbonyl (C=O) groups excluding carboxylic acids is 1. The van der Waals surface area contributed by atoms with E-state index in [1.165, 1.54) is 0 Å². The van der Waals surface area contributed by atoms with E-state index in [1.807, 2.05) is 32.0 Å². The van der Waals surface area contributed by atoms with E-state index in [-0.39, 0.29) is 11.8 Å². The fourth-order valence-corrected chi connectivity index (χ4v) is 2.77. The van der Waals surface area contributed by atoms with Gasteiger partial charge >= 0.3 is 0 Å². The van der Waals surface area contributed by atoms with Crippen LogP contribution < -0.4 is 9.80 Å². The van der Waals surface area contributed by atoms with E-state index >= 15 is 0 Å². The van der Waals surface area contributed by atoms with Crippen molar-refractivity contribution in [2.45, 2.75) is 19.8 Å². The Hall–Kier alpha value is -2.34. The number of ether oxygens (including phenoxy) is 1. The SMILES string of the molecule is CC(C)c1ccoc1C(=O)N(C)c1ccc(N2CCOCC2)nc1. The summed E-state index contributed by atoms with van der Waals surface area (Å²) in [7, 11) is 1.74. The van der Waals surface area contributed by atoms with Gasteiger partial charge in [-0.25, -0.2) is 4.98 Å². The van der Waals surface area contributed by atoms with Crippen LogP contribution >= 0.6 is 0 Å². The Labute approximate surface area is 142 Å². The largest absolute Gasteiger partial charge is 0.459 e. The van der Waals surface area contributed by atoms with Crippen molar-refractivity contribution in [3.8, 4) is 0 Å². The highest BCUT2D eigenvalue weighted by Gasteiger charge is 2.22.